The summed E-state index contributed by atoms with van der Waals surface area (Å²) in [5.74, 6) is 0.0930. The van der Waals surface area contributed by atoms with Gasteiger partial charge < -0.3 is 9.64 Å². The van der Waals surface area contributed by atoms with E-state index in [9.17, 15) is 14.9 Å². The van der Waals surface area contributed by atoms with Gasteiger partial charge in [0, 0.05) is 12.7 Å². The van der Waals surface area contributed by atoms with Gasteiger partial charge in [-0.15, -0.1) is 0 Å². The second-order valence-corrected chi connectivity index (χ2v) is 5.99. The van der Waals surface area contributed by atoms with Crippen LogP contribution in [0.1, 0.15) is 11.7 Å². The van der Waals surface area contributed by atoms with Crippen LogP contribution in [-0.2, 0) is 4.74 Å². The molecule has 0 aliphatic carbocycles. The Hall–Kier alpha value is -3.26. The topological polar surface area (TPSA) is 90.0 Å². The summed E-state index contributed by atoms with van der Waals surface area (Å²) < 4.78 is 7.00. The second kappa shape index (κ2) is 6.57. The van der Waals surface area contributed by atoms with E-state index in [1.165, 1.54) is 10.6 Å². The number of fused-ring (bicyclic) bond motifs is 1. The van der Waals surface area contributed by atoms with Crippen molar-refractivity contribution in [3.63, 3.8) is 0 Å². The van der Waals surface area contributed by atoms with Crippen molar-refractivity contribution in [1.82, 2.24) is 9.38 Å². The first-order valence-electron chi connectivity index (χ1n) is 8.22. The lowest BCUT2D eigenvalue weighted by atomic mass is 10.1. The van der Waals surface area contributed by atoms with Crippen molar-refractivity contribution in [2.45, 2.75) is 6.10 Å². The molecule has 1 unspecified atom stereocenters. The zero-order chi connectivity index (χ0) is 18.1. The number of aromatic nitrogens is 2. The Morgan fingerprint density at radius 2 is 1.92 bits per heavy atom. The van der Waals surface area contributed by atoms with E-state index in [2.05, 4.69) is 4.98 Å². The minimum Gasteiger partial charge on any atom is -0.370 e. The first kappa shape index (κ1) is 16.2. The van der Waals surface area contributed by atoms with Gasteiger partial charge >= 0.3 is 11.2 Å². The summed E-state index contributed by atoms with van der Waals surface area (Å²) in [5, 5.41) is 11.6. The molecule has 1 saturated heterocycles. The highest BCUT2D eigenvalue weighted by molar-refractivity contribution is 5.61. The van der Waals surface area contributed by atoms with Crippen molar-refractivity contribution < 1.29 is 9.66 Å². The number of benzene rings is 1. The molecule has 8 nitrogen and oxygen atoms in total. The lowest BCUT2D eigenvalue weighted by molar-refractivity contribution is -0.385. The zero-order valence-corrected chi connectivity index (χ0v) is 13.8. The Kier molecular flexibility index (Phi) is 4.10. The van der Waals surface area contributed by atoms with Gasteiger partial charge in [0.1, 0.15) is 11.8 Å². The first-order chi connectivity index (χ1) is 12.6. The molecule has 0 N–H and O–H groups in total. The van der Waals surface area contributed by atoms with E-state index < -0.39 is 16.2 Å². The molecule has 0 spiro atoms. The van der Waals surface area contributed by atoms with Gasteiger partial charge in [0.15, 0.2) is 0 Å². The molecule has 4 rings (SSSR count). The molecule has 1 aliphatic rings. The number of nitrogens with zero attached hydrogens (tertiary/aromatic N) is 4. The summed E-state index contributed by atoms with van der Waals surface area (Å²) >= 11 is 0. The number of ether oxygens (including phenoxy) is 1. The van der Waals surface area contributed by atoms with E-state index in [4.69, 9.17) is 4.74 Å². The van der Waals surface area contributed by atoms with Crippen LogP contribution in [0.4, 0.5) is 11.5 Å². The fourth-order valence-electron chi connectivity index (χ4n) is 3.16. The van der Waals surface area contributed by atoms with Crippen LogP contribution in [0.15, 0.2) is 59.5 Å². The van der Waals surface area contributed by atoms with Gasteiger partial charge in [0.05, 0.1) is 18.1 Å². The average Bonchev–Trinajstić information content (AvgIpc) is 2.68. The molecule has 132 valence electrons. The number of rotatable bonds is 3. The third-order valence-electron chi connectivity index (χ3n) is 4.41. The molecule has 1 fully saturated rings. The number of nitro groups is 1. The zero-order valence-electron chi connectivity index (χ0n) is 13.8. The summed E-state index contributed by atoms with van der Waals surface area (Å²) in [7, 11) is 0. The van der Waals surface area contributed by atoms with Crippen LogP contribution in [0.3, 0.4) is 0 Å². The predicted octanol–water partition coefficient (Wildman–Crippen LogP) is 2.18. The van der Waals surface area contributed by atoms with Gasteiger partial charge in [-0.3, -0.25) is 19.3 Å². The summed E-state index contributed by atoms with van der Waals surface area (Å²) in [5.41, 5.74) is 0.166. The van der Waals surface area contributed by atoms with Crippen LogP contribution in [0, 0.1) is 10.1 Å². The lowest BCUT2D eigenvalue weighted by Crippen LogP contribution is -2.40. The third kappa shape index (κ3) is 2.80. The Morgan fingerprint density at radius 1 is 1.15 bits per heavy atom. The number of pyridine rings is 1. The number of hydrogen-bond acceptors (Lipinski definition) is 6. The number of hydrogen-bond donors (Lipinski definition) is 0. The monoisotopic (exact) mass is 352 g/mol. The molecular weight excluding hydrogens is 336 g/mol. The maximum absolute atomic E-state index is 12.6. The van der Waals surface area contributed by atoms with Crippen LogP contribution in [-0.4, -0.2) is 34.0 Å². The molecule has 0 radical (unpaired) electrons. The van der Waals surface area contributed by atoms with Crippen molar-refractivity contribution in [3.05, 3.63) is 80.8 Å². The maximum Gasteiger partial charge on any atom is 0.376 e. The van der Waals surface area contributed by atoms with Gasteiger partial charge in [-0.05, 0) is 17.7 Å². The summed E-state index contributed by atoms with van der Waals surface area (Å²) in [6.07, 6.45) is 1.24. The van der Waals surface area contributed by atoms with Gasteiger partial charge in [-0.1, -0.05) is 36.4 Å². The first-order valence-corrected chi connectivity index (χ1v) is 8.22. The van der Waals surface area contributed by atoms with Crippen molar-refractivity contribution in [2.75, 3.05) is 24.6 Å². The van der Waals surface area contributed by atoms with Crippen LogP contribution >= 0.6 is 0 Å². The van der Waals surface area contributed by atoms with E-state index in [-0.39, 0.29) is 11.9 Å². The molecule has 1 atom stereocenters. The number of morpholine rings is 1. The second-order valence-electron chi connectivity index (χ2n) is 5.99. The van der Waals surface area contributed by atoms with E-state index in [0.29, 0.717) is 25.3 Å². The van der Waals surface area contributed by atoms with Crippen LogP contribution < -0.4 is 10.5 Å². The minimum atomic E-state index is -0.682. The van der Waals surface area contributed by atoms with Gasteiger partial charge in [-0.25, -0.2) is 4.98 Å². The third-order valence-corrected chi connectivity index (χ3v) is 4.41. The van der Waals surface area contributed by atoms with Crippen molar-refractivity contribution in [3.8, 4) is 0 Å². The largest absolute Gasteiger partial charge is 0.376 e. The molecule has 8 heteroatoms. The molecule has 2 aromatic heterocycles. The van der Waals surface area contributed by atoms with E-state index in [1.54, 1.807) is 23.1 Å². The fourth-order valence-corrected chi connectivity index (χ4v) is 3.16. The number of anilines is 1. The smallest absolute Gasteiger partial charge is 0.370 e. The van der Waals surface area contributed by atoms with E-state index in [0.717, 1.165) is 5.56 Å². The van der Waals surface area contributed by atoms with Gasteiger partial charge in [-0.2, -0.15) is 0 Å². The van der Waals surface area contributed by atoms with Crippen LogP contribution in [0.2, 0.25) is 0 Å². The summed E-state index contributed by atoms with van der Waals surface area (Å²) in [6.45, 7) is 1.21. The van der Waals surface area contributed by atoms with Crippen LogP contribution in [0.5, 0.6) is 0 Å². The normalized spacial score (nSPS) is 17.4. The van der Waals surface area contributed by atoms with E-state index >= 15 is 0 Å². The Labute approximate surface area is 148 Å². The molecule has 26 heavy (non-hydrogen) atoms. The predicted molar refractivity (Wildman–Crippen MR) is 95.5 cm³/mol. The average molecular weight is 352 g/mol. The van der Waals surface area contributed by atoms with Crippen LogP contribution in [0.25, 0.3) is 5.65 Å². The highest BCUT2D eigenvalue weighted by atomic mass is 16.6. The highest BCUT2D eigenvalue weighted by Crippen LogP contribution is 2.29. The van der Waals surface area contributed by atoms with E-state index in [1.807, 2.05) is 30.3 Å². The van der Waals surface area contributed by atoms with Gasteiger partial charge in [0.25, 0.3) is 0 Å². The Balaban J connectivity index is 1.79. The molecular formula is C18H16N4O4. The molecule has 0 saturated carbocycles. The van der Waals surface area contributed by atoms with Gasteiger partial charge in [0.2, 0.25) is 5.82 Å². The summed E-state index contributed by atoms with van der Waals surface area (Å²) in [6, 6.07) is 14.7. The standard InChI is InChI=1S/C18H16N4O4/c23-18-16(22(24)25)17(19-15-8-4-5-9-21(15)18)20-10-11-26-14(12-20)13-6-2-1-3-7-13/h1-9,14H,10-12H2. The molecule has 1 aliphatic heterocycles. The molecule has 0 bridgehead atoms. The Bertz CT molecular complexity index is 1020. The molecule has 3 heterocycles. The quantitative estimate of drug-likeness (QED) is 0.530. The van der Waals surface area contributed by atoms with Crippen molar-refractivity contribution >= 4 is 17.2 Å². The van der Waals surface area contributed by atoms with Crippen molar-refractivity contribution in [2.24, 2.45) is 0 Å². The molecule has 0 amide bonds. The molecule has 1 aromatic carbocycles. The Morgan fingerprint density at radius 3 is 2.69 bits per heavy atom. The van der Waals surface area contributed by atoms with Crippen molar-refractivity contribution in [1.29, 1.82) is 0 Å². The lowest BCUT2D eigenvalue weighted by Gasteiger charge is -2.33. The molecule has 3 aromatic rings. The summed E-state index contributed by atoms with van der Waals surface area (Å²) in [4.78, 5) is 29.7. The SMILES string of the molecule is O=c1c([N+](=O)[O-])c(N2CCOC(c3ccccc3)C2)nc2ccccn12. The highest BCUT2D eigenvalue weighted by Gasteiger charge is 2.31. The fraction of sp³-hybridized carbons (Fsp3) is 0.222. The maximum atomic E-state index is 12.6. The minimum absolute atomic E-state index is 0.0930.